The standard InChI is InChI=1S/C34H26N4O8/c39-31(40)23-1-9-35(10-2-23)19-27-17-29(21-37-13-5-25(6-14-37)33(43)44)30(22-38-15-7-26(8-16-38)34(45)46)18-28(27)20-36-11-3-24(4-12-36)32(41)42/h1-18H,19-22H2. The fourth-order valence-electron chi connectivity index (χ4n) is 4.96. The van der Waals surface area contributed by atoms with Gasteiger partial charge in [-0.1, -0.05) is 0 Å². The lowest BCUT2D eigenvalue weighted by molar-refractivity contribution is -0.695. The van der Waals surface area contributed by atoms with Crippen molar-refractivity contribution in [1.82, 2.24) is 0 Å². The minimum atomic E-state index is -1.29. The third-order valence-electron chi connectivity index (χ3n) is 7.44. The summed E-state index contributed by atoms with van der Waals surface area (Å²) >= 11 is 0. The third kappa shape index (κ3) is 7.61. The van der Waals surface area contributed by atoms with Crippen LogP contribution in [0, 0.1) is 0 Å². The molecular formula is C34H26N4O8. The van der Waals surface area contributed by atoms with Gasteiger partial charge in [-0.2, -0.15) is 0 Å². The van der Waals surface area contributed by atoms with Crippen molar-refractivity contribution in [3.8, 4) is 0 Å². The largest absolute Gasteiger partial charge is 0.545 e. The van der Waals surface area contributed by atoms with E-state index in [1.165, 1.54) is 48.5 Å². The SMILES string of the molecule is O=C([O-])c1cc[n+](Cc2cc(C[n+]3ccc(C(=O)[O-])cc3)c(C[n+]3ccc(C(=O)[O-])cc3)cc2C[n+]2ccc(C(=O)[O-])cc2)cc1. The summed E-state index contributed by atoms with van der Waals surface area (Å²) in [6, 6.07) is 15.6. The first-order valence-electron chi connectivity index (χ1n) is 14.0. The highest BCUT2D eigenvalue weighted by atomic mass is 16.4. The van der Waals surface area contributed by atoms with E-state index < -0.39 is 23.9 Å². The van der Waals surface area contributed by atoms with Crippen LogP contribution in [0.15, 0.2) is 110 Å². The molecule has 0 fully saturated rings. The van der Waals surface area contributed by atoms with E-state index in [2.05, 4.69) is 0 Å². The van der Waals surface area contributed by atoms with Crippen LogP contribution in [0.25, 0.3) is 0 Å². The summed E-state index contributed by atoms with van der Waals surface area (Å²) in [4.78, 5) is 45.1. The number of pyridine rings is 4. The van der Waals surface area contributed by atoms with Crippen molar-refractivity contribution >= 4 is 23.9 Å². The number of aromatic nitrogens is 4. The average molecular weight is 619 g/mol. The summed E-state index contributed by atoms with van der Waals surface area (Å²) in [6.45, 7) is 1.43. The van der Waals surface area contributed by atoms with E-state index in [4.69, 9.17) is 0 Å². The lowest BCUT2D eigenvalue weighted by Gasteiger charge is -2.13. The zero-order valence-corrected chi connectivity index (χ0v) is 24.3. The first kappa shape index (κ1) is 31.1. The van der Waals surface area contributed by atoms with Crippen LogP contribution in [0.5, 0.6) is 0 Å². The molecule has 0 saturated heterocycles. The fourth-order valence-corrected chi connectivity index (χ4v) is 4.96. The molecule has 46 heavy (non-hydrogen) atoms. The topological polar surface area (TPSA) is 176 Å². The molecule has 0 saturated carbocycles. The third-order valence-corrected chi connectivity index (χ3v) is 7.44. The van der Waals surface area contributed by atoms with Crippen molar-refractivity contribution in [2.75, 3.05) is 0 Å². The number of aromatic carboxylic acids is 4. The van der Waals surface area contributed by atoms with E-state index in [0.717, 1.165) is 22.3 Å². The van der Waals surface area contributed by atoms with Gasteiger partial charge in [-0.3, -0.25) is 0 Å². The van der Waals surface area contributed by atoms with Gasteiger partial charge >= 0.3 is 0 Å². The molecule has 0 atom stereocenters. The average Bonchev–Trinajstić information content (AvgIpc) is 3.04. The van der Waals surface area contributed by atoms with Crippen LogP contribution in [0.2, 0.25) is 0 Å². The van der Waals surface area contributed by atoms with Crippen LogP contribution in [-0.2, 0) is 26.2 Å². The second kappa shape index (κ2) is 13.6. The van der Waals surface area contributed by atoms with Gasteiger partial charge in [0.15, 0.2) is 75.8 Å². The summed E-state index contributed by atoms with van der Waals surface area (Å²) in [6.07, 6.45) is 13.1. The molecule has 230 valence electrons. The Morgan fingerprint density at radius 3 is 0.696 bits per heavy atom. The molecule has 0 aliphatic rings. The van der Waals surface area contributed by atoms with Crippen LogP contribution in [-0.4, -0.2) is 23.9 Å². The minimum Gasteiger partial charge on any atom is -0.545 e. The first-order chi connectivity index (χ1) is 22.0. The van der Waals surface area contributed by atoms with Crippen molar-refractivity contribution < 1.29 is 57.9 Å². The predicted molar refractivity (Wildman–Crippen MR) is 147 cm³/mol. The molecule has 0 N–H and O–H groups in total. The van der Waals surface area contributed by atoms with Gasteiger partial charge < -0.3 is 39.6 Å². The Morgan fingerprint density at radius 2 is 0.543 bits per heavy atom. The summed E-state index contributed by atoms with van der Waals surface area (Å²) in [5.41, 5.74) is 3.67. The number of carboxylic acid groups (broad SMARTS) is 4. The van der Waals surface area contributed by atoms with Crippen molar-refractivity contribution in [1.29, 1.82) is 0 Å². The number of hydrogen-bond acceptors (Lipinski definition) is 8. The minimum absolute atomic E-state index is 0.0363. The Balaban J connectivity index is 1.59. The van der Waals surface area contributed by atoms with Crippen LogP contribution in [0.1, 0.15) is 63.7 Å². The quantitative estimate of drug-likeness (QED) is 0.129. The summed E-state index contributed by atoms with van der Waals surface area (Å²) in [7, 11) is 0. The number of nitrogens with zero attached hydrogens (tertiary/aromatic N) is 4. The molecule has 0 aliphatic heterocycles. The highest BCUT2D eigenvalue weighted by Crippen LogP contribution is 2.19. The van der Waals surface area contributed by atoms with Gasteiger partial charge in [0.05, 0.1) is 23.9 Å². The molecule has 12 heteroatoms. The number of benzene rings is 1. The smallest absolute Gasteiger partial charge is 0.174 e. The summed E-state index contributed by atoms with van der Waals surface area (Å²) in [5.74, 6) is -5.16. The molecule has 0 bridgehead atoms. The molecule has 4 aromatic heterocycles. The molecule has 5 aromatic rings. The second-order valence-electron chi connectivity index (χ2n) is 10.6. The molecule has 12 nitrogen and oxygen atoms in total. The van der Waals surface area contributed by atoms with Gasteiger partial charge in [-0.15, -0.1) is 0 Å². The monoisotopic (exact) mass is 618 g/mol. The maximum absolute atomic E-state index is 11.3. The number of carbonyl (C=O) groups excluding carboxylic acids is 4. The number of rotatable bonds is 12. The Hall–Kier alpha value is -6.30. The molecule has 5 rings (SSSR count). The normalized spacial score (nSPS) is 10.8. The molecule has 0 unspecified atom stereocenters. The Morgan fingerprint density at radius 1 is 0.370 bits per heavy atom. The molecule has 4 heterocycles. The predicted octanol–water partition coefficient (Wildman–Crippen LogP) is -3.52. The maximum Gasteiger partial charge on any atom is 0.174 e. The zero-order chi connectivity index (χ0) is 32.8. The van der Waals surface area contributed by atoms with Gasteiger partial charge in [0.1, 0.15) is 0 Å². The van der Waals surface area contributed by atoms with Crippen LogP contribution >= 0.6 is 0 Å². The van der Waals surface area contributed by atoms with Crippen LogP contribution < -0.4 is 38.7 Å². The number of carboxylic acids is 4. The Labute approximate surface area is 262 Å². The van der Waals surface area contributed by atoms with Gasteiger partial charge in [0.2, 0.25) is 0 Å². The summed E-state index contributed by atoms with van der Waals surface area (Å²) in [5, 5.41) is 45.1. The van der Waals surface area contributed by atoms with Gasteiger partial charge in [0, 0.05) is 93.0 Å². The zero-order valence-electron chi connectivity index (χ0n) is 24.3. The van der Waals surface area contributed by atoms with Crippen LogP contribution in [0.4, 0.5) is 0 Å². The van der Waals surface area contributed by atoms with E-state index >= 15 is 0 Å². The van der Waals surface area contributed by atoms with E-state index in [1.54, 1.807) is 49.6 Å². The Kier molecular flexibility index (Phi) is 9.18. The highest BCUT2D eigenvalue weighted by Gasteiger charge is 2.21. The first-order valence-corrected chi connectivity index (χ1v) is 14.0. The highest BCUT2D eigenvalue weighted by molar-refractivity contribution is 5.86. The molecule has 0 radical (unpaired) electrons. The Bertz CT molecular complexity index is 1640. The van der Waals surface area contributed by atoms with Gasteiger partial charge in [-0.25, -0.2) is 18.3 Å². The summed E-state index contributed by atoms with van der Waals surface area (Å²) < 4.78 is 7.25. The van der Waals surface area contributed by atoms with E-state index in [9.17, 15) is 39.6 Å². The lowest BCUT2D eigenvalue weighted by atomic mass is 9.97. The van der Waals surface area contributed by atoms with E-state index in [1.807, 2.05) is 30.4 Å². The molecule has 0 aliphatic carbocycles. The van der Waals surface area contributed by atoms with E-state index in [-0.39, 0.29) is 22.3 Å². The number of hydrogen-bond donors (Lipinski definition) is 0. The molecule has 0 spiro atoms. The number of carbonyl (C=O) groups is 4. The van der Waals surface area contributed by atoms with Crippen molar-refractivity contribution in [3.63, 3.8) is 0 Å². The molecule has 1 aromatic carbocycles. The lowest BCUT2D eigenvalue weighted by Crippen LogP contribution is -2.40. The van der Waals surface area contributed by atoms with Crippen molar-refractivity contribution in [2.24, 2.45) is 0 Å². The van der Waals surface area contributed by atoms with Gasteiger partial charge in [0.25, 0.3) is 0 Å². The van der Waals surface area contributed by atoms with Crippen molar-refractivity contribution in [2.45, 2.75) is 26.2 Å². The van der Waals surface area contributed by atoms with Gasteiger partial charge in [-0.05, 0) is 12.1 Å². The fraction of sp³-hybridized carbons (Fsp3) is 0.118. The maximum atomic E-state index is 11.3. The second-order valence-corrected chi connectivity index (χ2v) is 10.6. The van der Waals surface area contributed by atoms with Crippen LogP contribution in [0.3, 0.4) is 0 Å². The molecular weight excluding hydrogens is 592 g/mol. The van der Waals surface area contributed by atoms with Crippen molar-refractivity contribution in [3.05, 3.63) is 155 Å². The van der Waals surface area contributed by atoms with E-state index in [0.29, 0.717) is 26.2 Å². The molecule has 0 amide bonds.